The van der Waals surface area contributed by atoms with Crippen molar-refractivity contribution in [2.24, 2.45) is 0 Å². The Morgan fingerprint density at radius 1 is 1.29 bits per heavy atom. The number of hydrogen-bond acceptors (Lipinski definition) is 3. The summed E-state index contributed by atoms with van der Waals surface area (Å²) in [5, 5.41) is 10.3. The third kappa shape index (κ3) is 3.07. The number of hydrogen-bond donors (Lipinski definition) is 1. The smallest absolute Gasteiger partial charge is 0.212 e. The van der Waals surface area contributed by atoms with E-state index in [0.717, 1.165) is 24.0 Å². The molecule has 0 spiro atoms. The van der Waals surface area contributed by atoms with Crippen molar-refractivity contribution in [3.8, 4) is 5.88 Å². The first-order valence-electron chi connectivity index (χ1n) is 6.18. The first-order valence-corrected chi connectivity index (χ1v) is 6.18. The second-order valence-electron chi connectivity index (χ2n) is 4.41. The third-order valence-corrected chi connectivity index (χ3v) is 3.21. The van der Waals surface area contributed by atoms with Gasteiger partial charge in [-0.25, -0.2) is 4.98 Å². The van der Waals surface area contributed by atoms with Crippen LogP contribution in [-0.2, 0) is 0 Å². The van der Waals surface area contributed by atoms with Crippen LogP contribution in [0.25, 0.3) is 0 Å². The van der Waals surface area contributed by atoms with E-state index < -0.39 is 6.10 Å². The standard InChI is InChI=1S/C14H19NO2/c1-17-13-9-8-12(10-15-13)14(16)11-6-4-2-3-5-7-11/h6,8-10,14,16H,2-5,7H2,1H3. The minimum Gasteiger partial charge on any atom is -0.481 e. The number of allylic oxidation sites excluding steroid dienone is 1. The third-order valence-electron chi connectivity index (χ3n) is 3.21. The molecule has 0 saturated heterocycles. The van der Waals surface area contributed by atoms with Crippen LogP contribution in [0, 0.1) is 0 Å². The topological polar surface area (TPSA) is 42.4 Å². The molecular weight excluding hydrogens is 214 g/mol. The van der Waals surface area contributed by atoms with Crippen molar-refractivity contribution >= 4 is 0 Å². The number of methoxy groups -OCH3 is 1. The number of pyridine rings is 1. The van der Waals surface area contributed by atoms with Crippen molar-refractivity contribution in [1.29, 1.82) is 0 Å². The van der Waals surface area contributed by atoms with Crippen molar-refractivity contribution in [3.05, 3.63) is 35.5 Å². The van der Waals surface area contributed by atoms with Gasteiger partial charge < -0.3 is 9.84 Å². The fraction of sp³-hybridized carbons (Fsp3) is 0.500. The van der Waals surface area contributed by atoms with Gasteiger partial charge in [-0.15, -0.1) is 0 Å². The molecule has 1 unspecified atom stereocenters. The van der Waals surface area contributed by atoms with E-state index in [0.29, 0.717) is 5.88 Å². The molecule has 0 aromatic carbocycles. The number of aliphatic hydroxyl groups excluding tert-OH is 1. The molecule has 92 valence electrons. The summed E-state index contributed by atoms with van der Waals surface area (Å²) in [6.45, 7) is 0. The molecule has 1 aromatic rings. The van der Waals surface area contributed by atoms with Gasteiger partial charge in [0.2, 0.25) is 5.88 Å². The lowest BCUT2D eigenvalue weighted by Gasteiger charge is -2.14. The molecule has 1 aromatic heterocycles. The summed E-state index contributed by atoms with van der Waals surface area (Å²) in [7, 11) is 1.59. The first-order chi connectivity index (χ1) is 8.31. The van der Waals surface area contributed by atoms with E-state index in [-0.39, 0.29) is 0 Å². The molecule has 17 heavy (non-hydrogen) atoms. The van der Waals surface area contributed by atoms with Gasteiger partial charge in [-0.1, -0.05) is 12.5 Å². The Labute approximate surface area is 102 Å². The Bertz CT molecular complexity index is 384. The Balaban J connectivity index is 2.11. The highest BCUT2D eigenvalue weighted by Gasteiger charge is 2.15. The van der Waals surface area contributed by atoms with E-state index in [2.05, 4.69) is 11.1 Å². The molecule has 1 N–H and O–H groups in total. The van der Waals surface area contributed by atoms with Crippen LogP contribution >= 0.6 is 0 Å². The second-order valence-corrected chi connectivity index (χ2v) is 4.41. The van der Waals surface area contributed by atoms with Gasteiger partial charge in [0.25, 0.3) is 0 Å². The minimum atomic E-state index is -0.508. The van der Waals surface area contributed by atoms with E-state index in [1.165, 1.54) is 19.3 Å². The average molecular weight is 233 g/mol. The van der Waals surface area contributed by atoms with Crippen LogP contribution in [0.3, 0.4) is 0 Å². The molecule has 1 atom stereocenters. The molecule has 3 heteroatoms. The fourth-order valence-corrected chi connectivity index (χ4v) is 2.18. The van der Waals surface area contributed by atoms with Gasteiger partial charge in [0, 0.05) is 17.8 Å². The lowest BCUT2D eigenvalue weighted by molar-refractivity contribution is 0.210. The van der Waals surface area contributed by atoms with Gasteiger partial charge in [0.05, 0.1) is 7.11 Å². The van der Waals surface area contributed by atoms with Crippen molar-refractivity contribution in [1.82, 2.24) is 4.98 Å². The lowest BCUT2D eigenvalue weighted by Crippen LogP contribution is -2.02. The predicted octanol–water partition coefficient (Wildman–Crippen LogP) is 3.01. The summed E-state index contributed by atoms with van der Waals surface area (Å²) in [5.41, 5.74) is 1.98. The van der Waals surface area contributed by atoms with E-state index in [9.17, 15) is 5.11 Å². The summed E-state index contributed by atoms with van der Waals surface area (Å²) in [5.74, 6) is 0.579. The maximum atomic E-state index is 10.3. The number of nitrogens with zero attached hydrogens (tertiary/aromatic N) is 1. The van der Waals surface area contributed by atoms with Gasteiger partial charge >= 0.3 is 0 Å². The van der Waals surface area contributed by atoms with Gasteiger partial charge in [-0.05, 0) is 37.3 Å². The van der Waals surface area contributed by atoms with Crippen molar-refractivity contribution in [3.63, 3.8) is 0 Å². The highest BCUT2D eigenvalue weighted by atomic mass is 16.5. The molecule has 0 bridgehead atoms. The molecule has 0 fully saturated rings. The van der Waals surface area contributed by atoms with Gasteiger partial charge in [0.15, 0.2) is 0 Å². The molecule has 0 aliphatic heterocycles. The van der Waals surface area contributed by atoms with Crippen LogP contribution in [0.1, 0.15) is 43.8 Å². The molecule has 1 aliphatic carbocycles. The van der Waals surface area contributed by atoms with Crippen LogP contribution in [0.15, 0.2) is 30.0 Å². The maximum absolute atomic E-state index is 10.3. The molecule has 3 nitrogen and oxygen atoms in total. The molecule has 2 rings (SSSR count). The van der Waals surface area contributed by atoms with E-state index in [1.807, 2.05) is 6.07 Å². The molecule has 0 amide bonds. The Hall–Kier alpha value is -1.35. The zero-order chi connectivity index (χ0) is 12.1. The quantitative estimate of drug-likeness (QED) is 0.816. The number of aromatic nitrogens is 1. The van der Waals surface area contributed by atoms with Crippen LogP contribution in [0.4, 0.5) is 0 Å². The number of aliphatic hydroxyl groups is 1. The van der Waals surface area contributed by atoms with Crippen LogP contribution in [0.2, 0.25) is 0 Å². The normalized spacial score (nSPS) is 18.1. The van der Waals surface area contributed by atoms with Crippen LogP contribution in [-0.4, -0.2) is 17.2 Å². The van der Waals surface area contributed by atoms with Crippen molar-refractivity contribution in [2.75, 3.05) is 7.11 Å². The largest absolute Gasteiger partial charge is 0.481 e. The summed E-state index contributed by atoms with van der Waals surface area (Å²) < 4.78 is 5.01. The van der Waals surface area contributed by atoms with Crippen LogP contribution < -0.4 is 4.74 Å². The molecule has 0 radical (unpaired) electrons. The zero-order valence-electron chi connectivity index (χ0n) is 10.2. The monoisotopic (exact) mass is 233 g/mol. The maximum Gasteiger partial charge on any atom is 0.212 e. The molecule has 1 aliphatic rings. The van der Waals surface area contributed by atoms with Gasteiger partial charge in [0.1, 0.15) is 6.10 Å². The van der Waals surface area contributed by atoms with E-state index in [4.69, 9.17) is 4.74 Å². The van der Waals surface area contributed by atoms with Gasteiger partial charge in [-0.2, -0.15) is 0 Å². The Kier molecular flexibility index (Phi) is 4.15. The highest BCUT2D eigenvalue weighted by molar-refractivity contribution is 5.26. The van der Waals surface area contributed by atoms with Gasteiger partial charge in [-0.3, -0.25) is 0 Å². The first kappa shape index (κ1) is 12.1. The van der Waals surface area contributed by atoms with E-state index in [1.54, 1.807) is 19.4 Å². The predicted molar refractivity (Wildman–Crippen MR) is 66.9 cm³/mol. The minimum absolute atomic E-state index is 0.508. The molecular formula is C14H19NO2. The molecule has 0 saturated carbocycles. The highest BCUT2D eigenvalue weighted by Crippen LogP contribution is 2.29. The Morgan fingerprint density at radius 3 is 2.88 bits per heavy atom. The zero-order valence-corrected chi connectivity index (χ0v) is 10.2. The number of ether oxygens (including phenoxy) is 1. The molecule has 1 heterocycles. The SMILES string of the molecule is COc1ccc(C(O)C2=CCCCCC2)cn1. The number of rotatable bonds is 3. The van der Waals surface area contributed by atoms with Crippen molar-refractivity contribution < 1.29 is 9.84 Å². The second kappa shape index (κ2) is 5.82. The Morgan fingerprint density at radius 2 is 2.18 bits per heavy atom. The van der Waals surface area contributed by atoms with Crippen molar-refractivity contribution in [2.45, 2.75) is 38.2 Å². The summed E-state index contributed by atoms with van der Waals surface area (Å²) in [6, 6.07) is 3.66. The van der Waals surface area contributed by atoms with Crippen LogP contribution in [0.5, 0.6) is 5.88 Å². The average Bonchev–Trinajstić information content (AvgIpc) is 2.67. The summed E-state index contributed by atoms with van der Waals surface area (Å²) >= 11 is 0. The summed E-state index contributed by atoms with van der Waals surface area (Å²) in [6.07, 6.45) is 9.10. The fourth-order valence-electron chi connectivity index (χ4n) is 2.18. The lowest BCUT2D eigenvalue weighted by atomic mass is 9.99. The van der Waals surface area contributed by atoms with E-state index >= 15 is 0 Å². The summed E-state index contributed by atoms with van der Waals surface area (Å²) in [4.78, 5) is 4.13.